The quantitative estimate of drug-likeness (QED) is 0.788. The van der Waals surface area contributed by atoms with Crippen LogP contribution in [0.5, 0.6) is 11.5 Å². The zero-order valence-corrected chi connectivity index (χ0v) is 14.5. The third-order valence-corrected chi connectivity index (χ3v) is 3.85. The molecule has 132 valence electrons. The molecule has 0 heterocycles. The van der Waals surface area contributed by atoms with Crippen molar-refractivity contribution in [2.24, 2.45) is 0 Å². The van der Waals surface area contributed by atoms with E-state index in [1.165, 1.54) is 14.2 Å². The summed E-state index contributed by atoms with van der Waals surface area (Å²) < 4.78 is 10.4. The Morgan fingerprint density at radius 1 is 1.08 bits per heavy atom. The van der Waals surface area contributed by atoms with Crippen LogP contribution in [0.2, 0.25) is 5.02 Å². The molecule has 1 unspecified atom stereocenters. The number of hydrogen-bond acceptors (Lipinski definition) is 4. The smallest absolute Gasteiger partial charge is 0.305 e. The van der Waals surface area contributed by atoms with E-state index in [9.17, 15) is 9.59 Å². The average Bonchev–Trinajstić information content (AvgIpc) is 2.60. The van der Waals surface area contributed by atoms with Crippen molar-refractivity contribution in [1.82, 2.24) is 5.32 Å². The number of amides is 1. The molecular weight excluding hydrogens is 346 g/mol. The molecule has 2 rings (SSSR count). The van der Waals surface area contributed by atoms with E-state index in [-0.39, 0.29) is 6.42 Å². The molecular formula is C18H18ClNO5. The summed E-state index contributed by atoms with van der Waals surface area (Å²) in [4.78, 5) is 23.6. The first kappa shape index (κ1) is 18.6. The molecule has 2 aromatic rings. The van der Waals surface area contributed by atoms with E-state index >= 15 is 0 Å². The molecule has 25 heavy (non-hydrogen) atoms. The predicted molar refractivity (Wildman–Crippen MR) is 93.5 cm³/mol. The Hall–Kier alpha value is -2.73. The molecule has 0 aliphatic heterocycles. The first-order chi connectivity index (χ1) is 11.9. The first-order valence-corrected chi connectivity index (χ1v) is 7.82. The van der Waals surface area contributed by atoms with E-state index in [4.69, 9.17) is 26.2 Å². The maximum absolute atomic E-state index is 12.4. The van der Waals surface area contributed by atoms with Crippen LogP contribution < -0.4 is 14.8 Å². The minimum absolute atomic E-state index is 0.269. The summed E-state index contributed by atoms with van der Waals surface area (Å²) in [6.45, 7) is 0. The van der Waals surface area contributed by atoms with Crippen LogP contribution in [0.3, 0.4) is 0 Å². The van der Waals surface area contributed by atoms with Gasteiger partial charge in [0.05, 0.1) is 26.7 Å². The van der Waals surface area contributed by atoms with Crippen molar-refractivity contribution < 1.29 is 24.2 Å². The number of rotatable bonds is 7. The van der Waals surface area contributed by atoms with Gasteiger partial charge in [0.15, 0.2) is 11.5 Å². The maximum Gasteiger partial charge on any atom is 0.305 e. The van der Waals surface area contributed by atoms with Crippen molar-refractivity contribution in [3.63, 3.8) is 0 Å². The number of methoxy groups -OCH3 is 2. The largest absolute Gasteiger partial charge is 0.493 e. The Kier molecular flexibility index (Phi) is 6.25. The zero-order chi connectivity index (χ0) is 18.4. The molecule has 6 nitrogen and oxygen atoms in total. The second kappa shape index (κ2) is 8.39. The number of carbonyl (C=O) groups excluding carboxylic acids is 1. The minimum atomic E-state index is -1.03. The number of carboxylic acid groups (broad SMARTS) is 1. The van der Waals surface area contributed by atoms with Crippen molar-refractivity contribution in [3.8, 4) is 11.5 Å². The fourth-order valence-corrected chi connectivity index (χ4v) is 2.47. The lowest BCUT2D eigenvalue weighted by Crippen LogP contribution is -2.30. The highest BCUT2D eigenvalue weighted by Crippen LogP contribution is 2.31. The second-order valence-electron chi connectivity index (χ2n) is 5.25. The molecule has 0 fully saturated rings. The second-order valence-corrected chi connectivity index (χ2v) is 5.68. The predicted octanol–water partition coefficient (Wildman–Crippen LogP) is 3.30. The van der Waals surface area contributed by atoms with E-state index in [0.29, 0.717) is 27.6 Å². The Morgan fingerprint density at radius 2 is 1.72 bits per heavy atom. The standard InChI is InChI=1S/C18H18ClNO5/c1-24-15-8-5-12(9-16(15)25-2)14(10-17(21)22)20-18(23)11-3-6-13(19)7-4-11/h3-9,14H,10H2,1-2H3,(H,20,23)(H,21,22). The third-order valence-electron chi connectivity index (χ3n) is 3.60. The minimum Gasteiger partial charge on any atom is -0.493 e. The van der Waals surface area contributed by atoms with E-state index < -0.39 is 17.9 Å². The highest BCUT2D eigenvalue weighted by Gasteiger charge is 2.20. The average molecular weight is 364 g/mol. The molecule has 2 N–H and O–H groups in total. The van der Waals surface area contributed by atoms with Gasteiger partial charge in [0.1, 0.15) is 0 Å². The summed E-state index contributed by atoms with van der Waals surface area (Å²) >= 11 is 5.81. The van der Waals surface area contributed by atoms with Gasteiger partial charge in [-0.1, -0.05) is 17.7 Å². The van der Waals surface area contributed by atoms with Crippen LogP contribution in [0.25, 0.3) is 0 Å². The van der Waals surface area contributed by atoms with Gasteiger partial charge >= 0.3 is 5.97 Å². The van der Waals surface area contributed by atoms with Gasteiger partial charge in [-0.15, -0.1) is 0 Å². The molecule has 0 bridgehead atoms. The number of carboxylic acids is 1. The summed E-state index contributed by atoms with van der Waals surface area (Å²) in [5.74, 6) is -0.450. The molecule has 7 heteroatoms. The van der Waals surface area contributed by atoms with Gasteiger partial charge in [0.2, 0.25) is 0 Å². The lowest BCUT2D eigenvalue weighted by Gasteiger charge is -2.19. The van der Waals surface area contributed by atoms with E-state index in [1.807, 2.05) is 0 Å². The Morgan fingerprint density at radius 3 is 2.28 bits per heavy atom. The summed E-state index contributed by atoms with van der Waals surface area (Å²) in [5, 5.41) is 12.4. The van der Waals surface area contributed by atoms with Gasteiger partial charge < -0.3 is 19.9 Å². The van der Waals surface area contributed by atoms with Gasteiger partial charge in [0, 0.05) is 10.6 Å². The van der Waals surface area contributed by atoms with Crippen molar-refractivity contribution in [2.45, 2.75) is 12.5 Å². The number of aliphatic carboxylic acids is 1. The lowest BCUT2D eigenvalue weighted by molar-refractivity contribution is -0.137. The SMILES string of the molecule is COc1ccc(C(CC(=O)O)NC(=O)c2ccc(Cl)cc2)cc1OC. The molecule has 2 aromatic carbocycles. The van der Waals surface area contributed by atoms with Crippen molar-refractivity contribution in [2.75, 3.05) is 14.2 Å². The summed E-state index contributed by atoms with van der Waals surface area (Å²) in [6, 6.07) is 10.6. The molecule has 0 saturated heterocycles. The molecule has 0 saturated carbocycles. The van der Waals surface area contributed by atoms with Crippen molar-refractivity contribution in [1.29, 1.82) is 0 Å². The molecule has 0 aliphatic carbocycles. The Bertz CT molecular complexity index is 761. The van der Waals surface area contributed by atoms with E-state index in [1.54, 1.807) is 42.5 Å². The Balaban J connectivity index is 2.28. The normalized spacial score (nSPS) is 11.5. The highest BCUT2D eigenvalue weighted by atomic mass is 35.5. The summed E-state index contributed by atoms with van der Waals surface area (Å²) in [5.41, 5.74) is 0.989. The van der Waals surface area contributed by atoms with Crippen molar-refractivity contribution >= 4 is 23.5 Å². The van der Waals surface area contributed by atoms with Crippen LogP contribution >= 0.6 is 11.6 Å². The zero-order valence-electron chi connectivity index (χ0n) is 13.8. The summed E-state index contributed by atoms with van der Waals surface area (Å²) in [7, 11) is 2.99. The van der Waals surface area contributed by atoms with E-state index in [2.05, 4.69) is 5.32 Å². The fraction of sp³-hybridized carbons (Fsp3) is 0.222. The van der Waals surface area contributed by atoms with Gasteiger partial charge in [-0.3, -0.25) is 9.59 Å². The van der Waals surface area contributed by atoms with Gasteiger partial charge in [-0.25, -0.2) is 0 Å². The topological polar surface area (TPSA) is 84.9 Å². The van der Waals surface area contributed by atoms with Crippen LogP contribution in [0.15, 0.2) is 42.5 Å². The van der Waals surface area contributed by atoms with Crippen LogP contribution in [0.1, 0.15) is 28.4 Å². The molecule has 0 aromatic heterocycles. The van der Waals surface area contributed by atoms with E-state index in [0.717, 1.165) is 0 Å². The number of hydrogen-bond donors (Lipinski definition) is 2. The van der Waals surface area contributed by atoms with Crippen LogP contribution in [-0.4, -0.2) is 31.2 Å². The first-order valence-electron chi connectivity index (χ1n) is 7.44. The van der Waals surface area contributed by atoms with Gasteiger partial charge in [-0.2, -0.15) is 0 Å². The van der Waals surface area contributed by atoms with Gasteiger partial charge in [-0.05, 0) is 42.0 Å². The molecule has 0 radical (unpaired) electrons. The molecule has 0 aliphatic rings. The third kappa shape index (κ3) is 4.87. The molecule has 1 amide bonds. The Labute approximate surface area is 150 Å². The van der Waals surface area contributed by atoms with Gasteiger partial charge in [0.25, 0.3) is 5.91 Å². The lowest BCUT2D eigenvalue weighted by atomic mass is 10.0. The summed E-state index contributed by atoms with van der Waals surface area (Å²) in [6.07, 6.45) is -0.269. The maximum atomic E-state index is 12.4. The number of nitrogens with one attached hydrogen (secondary N) is 1. The van der Waals surface area contributed by atoms with Crippen molar-refractivity contribution in [3.05, 3.63) is 58.6 Å². The molecule has 1 atom stereocenters. The van der Waals surface area contributed by atoms with Crippen LogP contribution in [-0.2, 0) is 4.79 Å². The number of carbonyl (C=O) groups is 2. The number of benzene rings is 2. The number of ether oxygens (including phenoxy) is 2. The monoisotopic (exact) mass is 363 g/mol. The van der Waals surface area contributed by atoms with Crippen LogP contribution in [0, 0.1) is 0 Å². The van der Waals surface area contributed by atoms with Crippen LogP contribution in [0.4, 0.5) is 0 Å². The fourth-order valence-electron chi connectivity index (χ4n) is 2.34. The highest BCUT2D eigenvalue weighted by molar-refractivity contribution is 6.30. The molecule has 0 spiro atoms. The number of halogens is 1.